The van der Waals surface area contributed by atoms with Gasteiger partial charge in [-0.25, -0.2) is 4.79 Å². The number of esters is 1. The molecule has 1 aliphatic carbocycles. The number of hydrogen-bond donors (Lipinski definition) is 1. The molecule has 0 bridgehead atoms. The van der Waals surface area contributed by atoms with Crippen LogP contribution in [0.15, 0.2) is 18.2 Å². The van der Waals surface area contributed by atoms with E-state index in [2.05, 4.69) is 5.32 Å². The number of ether oxygens (including phenoxy) is 1. The fraction of sp³-hybridized carbons (Fsp3) is 0.300. The molecule has 4 rings (SSSR count). The molecule has 1 aromatic heterocycles. The van der Waals surface area contributed by atoms with E-state index in [0.717, 1.165) is 35.8 Å². The first kappa shape index (κ1) is 20.7. The smallest absolute Gasteiger partial charge is 0.341 e. The van der Waals surface area contributed by atoms with E-state index in [4.69, 9.17) is 4.74 Å². The second-order valence-electron chi connectivity index (χ2n) is 7.11. The summed E-state index contributed by atoms with van der Waals surface area (Å²) in [7, 11) is 1.26. The normalized spacial score (nSPS) is 14.8. The van der Waals surface area contributed by atoms with Gasteiger partial charge in [0.15, 0.2) is 0 Å². The van der Waals surface area contributed by atoms with Crippen LogP contribution in [0.4, 0.5) is 10.7 Å². The molecule has 0 spiro atoms. The summed E-state index contributed by atoms with van der Waals surface area (Å²) < 4.78 is 4.86. The number of nitrogens with one attached hydrogen (secondary N) is 1. The van der Waals surface area contributed by atoms with Gasteiger partial charge in [-0.05, 0) is 37.3 Å². The van der Waals surface area contributed by atoms with Crippen LogP contribution in [-0.2, 0) is 22.4 Å². The van der Waals surface area contributed by atoms with Crippen LogP contribution in [0.2, 0.25) is 0 Å². The van der Waals surface area contributed by atoms with Crippen LogP contribution in [0, 0.1) is 10.1 Å². The quantitative estimate of drug-likeness (QED) is 0.325. The van der Waals surface area contributed by atoms with E-state index in [1.807, 2.05) is 0 Å². The average Bonchev–Trinajstić information content (AvgIpc) is 3.23. The molecule has 2 aromatic rings. The lowest BCUT2D eigenvalue weighted by Gasteiger charge is -2.14. The highest BCUT2D eigenvalue weighted by atomic mass is 32.1. The summed E-state index contributed by atoms with van der Waals surface area (Å²) in [6.45, 7) is -0.632. The van der Waals surface area contributed by atoms with Crippen molar-refractivity contribution in [1.29, 1.82) is 0 Å². The van der Waals surface area contributed by atoms with Crippen molar-refractivity contribution in [1.82, 2.24) is 4.90 Å². The standard InChI is InChI=1S/C20H17N3O7S/c1-30-20(27)16-10-5-2-3-8-13(10)31-17(16)21-14(24)9-22-18(25)11-6-4-7-12(23(28)29)15(11)19(22)26/h4,6-7H,2-3,5,8-9H2,1H3,(H,21,24). The minimum Gasteiger partial charge on any atom is -0.465 e. The molecule has 1 aliphatic heterocycles. The van der Waals surface area contributed by atoms with Crippen LogP contribution in [0.25, 0.3) is 0 Å². The average molecular weight is 443 g/mol. The van der Waals surface area contributed by atoms with Crippen LogP contribution in [0.3, 0.4) is 0 Å². The summed E-state index contributed by atoms with van der Waals surface area (Å²) in [6, 6.07) is 3.75. The van der Waals surface area contributed by atoms with Gasteiger partial charge >= 0.3 is 5.97 Å². The molecule has 0 unspecified atom stereocenters. The largest absolute Gasteiger partial charge is 0.465 e. The fourth-order valence-corrected chi connectivity index (χ4v) is 5.19. The Kier molecular flexibility index (Phi) is 5.27. The maximum absolute atomic E-state index is 12.7. The second-order valence-corrected chi connectivity index (χ2v) is 8.21. The Morgan fingerprint density at radius 2 is 1.97 bits per heavy atom. The van der Waals surface area contributed by atoms with Crippen LogP contribution < -0.4 is 5.32 Å². The molecule has 10 nitrogen and oxygen atoms in total. The fourth-order valence-electron chi connectivity index (χ4n) is 3.89. The molecule has 0 fully saturated rings. The molecule has 2 aliphatic rings. The molecule has 31 heavy (non-hydrogen) atoms. The number of anilines is 1. The number of hydrogen-bond acceptors (Lipinski definition) is 8. The zero-order valence-electron chi connectivity index (χ0n) is 16.4. The first-order valence-corrected chi connectivity index (χ1v) is 10.3. The Bertz CT molecular complexity index is 1150. The van der Waals surface area contributed by atoms with Crippen molar-refractivity contribution in [3.8, 4) is 0 Å². The summed E-state index contributed by atoms with van der Waals surface area (Å²) >= 11 is 1.28. The van der Waals surface area contributed by atoms with Crippen molar-refractivity contribution >= 4 is 45.7 Å². The number of nitro groups is 1. The number of imide groups is 1. The number of amides is 3. The molecule has 11 heteroatoms. The van der Waals surface area contributed by atoms with Crippen LogP contribution >= 0.6 is 11.3 Å². The van der Waals surface area contributed by atoms with Crippen LogP contribution in [0.1, 0.15) is 54.4 Å². The minimum absolute atomic E-state index is 0.117. The summed E-state index contributed by atoms with van der Waals surface area (Å²) in [5.41, 5.74) is 0.224. The third-order valence-corrected chi connectivity index (χ3v) is 6.50. The van der Waals surface area contributed by atoms with Gasteiger partial charge in [-0.1, -0.05) is 6.07 Å². The minimum atomic E-state index is -0.902. The zero-order valence-corrected chi connectivity index (χ0v) is 17.2. The van der Waals surface area contributed by atoms with E-state index in [9.17, 15) is 29.3 Å². The van der Waals surface area contributed by atoms with Crippen molar-refractivity contribution in [2.75, 3.05) is 19.0 Å². The predicted octanol–water partition coefficient (Wildman–Crippen LogP) is 2.56. The van der Waals surface area contributed by atoms with E-state index < -0.39 is 40.8 Å². The predicted molar refractivity (Wildman–Crippen MR) is 109 cm³/mol. The Morgan fingerprint density at radius 1 is 1.23 bits per heavy atom. The SMILES string of the molecule is COC(=O)c1c(NC(=O)CN2C(=O)c3cccc([N+](=O)[O-])c3C2=O)sc2c1CCCC2. The molecular weight excluding hydrogens is 426 g/mol. The molecule has 1 N–H and O–H groups in total. The zero-order chi connectivity index (χ0) is 22.3. The lowest BCUT2D eigenvalue weighted by atomic mass is 9.95. The van der Waals surface area contributed by atoms with Gasteiger partial charge in [-0.15, -0.1) is 11.3 Å². The Hall–Kier alpha value is -3.60. The molecule has 2 heterocycles. The molecule has 0 saturated heterocycles. The molecule has 0 atom stereocenters. The Balaban J connectivity index is 1.58. The number of thiophene rings is 1. The van der Waals surface area contributed by atoms with Crippen molar-refractivity contribution in [3.63, 3.8) is 0 Å². The molecule has 1 aromatic carbocycles. The van der Waals surface area contributed by atoms with Crippen molar-refractivity contribution in [3.05, 3.63) is 55.4 Å². The van der Waals surface area contributed by atoms with E-state index in [1.165, 1.54) is 30.6 Å². The van der Waals surface area contributed by atoms with Gasteiger partial charge < -0.3 is 10.1 Å². The molecular formula is C20H17N3O7S. The van der Waals surface area contributed by atoms with Crippen molar-refractivity contribution in [2.45, 2.75) is 25.7 Å². The number of methoxy groups -OCH3 is 1. The molecule has 0 saturated carbocycles. The maximum atomic E-state index is 12.7. The van der Waals surface area contributed by atoms with E-state index >= 15 is 0 Å². The highest BCUT2D eigenvalue weighted by Gasteiger charge is 2.41. The van der Waals surface area contributed by atoms with Crippen LogP contribution in [-0.4, -0.2) is 47.2 Å². The summed E-state index contributed by atoms with van der Waals surface area (Å²) in [6.07, 6.45) is 3.40. The lowest BCUT2D eigenvalue weighted by molar-refractivity contribution is -0.385. The third-order valence-electron chi connectivity index (χ3n) is 5.29. The number of carbonyl (C=O) groups is 4. The molecule has 0 radical (unpaired) electrons. The topological polar surface area (TPSA) is 136 Å². The molecule has 160 valence electrons. The molecule has 3 amide bonds. The van der Waals surface area contributed by atoms with Crippen LogP contribution in [0.5, 0.6) is 0 Å². The van der Waals surface area contributed by atoms with E-state index in [1.54, 1.807) is 0 Å². The lowest BCUT2D eigenvalue weighted by Crippen LogP contribution is -2.37. The van der Waals surface area contributed by atoms with Crippen molar-refractivity contribution < 1.29 is 28.8 Å². The summed E-state index contributed by atoms with van der Waals surface area (Å²) in [4.78, 5) is 62.3. The maximum Gasteiger partial charge on any atom is 0.341 e. The number of aryl methyl sites for hydroxylation is 1. The Morgan fingerprint density at radius 3 is 2.68 bits per heavy atom. The number of nitrogens with zero attached hydrogens (tertiary/aromatic N) is 2. The first-order chi connectivity index (χ1) is 14.8. The van der Waals surface area contributed by atoms with Gasteiger partial charge in [0.1, 0.15) is 17.1 Å². The third kappa shape index (κ3) is 3.46. The van der Waals surface area contributed by atoms with Gasteiger partial charge in [0.05, 0.1) is 23.2 Å². The monoisotopic (exact) mass is 443 g/mol. The number of fused-ring (bicyclic) bond motifs is 2. The highest BCUT2D eigenvalue weighted by Crippen LogP contribution is 2.38. The summed E-state index contributed by atoms with van der Waals surface area (Å²) in [5, 5.41) is 14.1. The van der Waals surface area contributed by atoms with Gasteiger partial charge in [0, 0.05) is 10.9 Å². The van der Waals surface area contributed by atoms with Crippen molar-refractivity contribution in [2.24, 2.45) is 0 Å². The van der Waals surface area contributed by atoms with E-state index in [0.29, 0.717) is 21.9 Å². The van der Waals surface area contributed by atoms with Gasteiger partial charge in [-0.3, -0.25) is 29.4 Å². The van der Waals surface area contributed by atoms with Gasteiger partial charge in [0.2, 0.25) is 5.91 Å². The number of carbonyl (C=O) groups excluding carboxylic acids is 4. The number of benzene rings is 1. The number of rotatable bonds is 5. The highest BCUT2D eigenvalue weighted by molar-refractivity contribution is 7.17. The Labute approximate surface area is 179 Å². The van der Waals surface area contributed by atoms with E-state index in [-0.39, 0.29) is 11.1 Å². The van der Waals surface area contributed by atoms with Gasteiger partial charge in [-0.2, -0.15) is 0 Å². The first-order valence-electron chi connectivity index (χ1n) is 9.49. The summed E-state index contributed by atoms with van der Waals surface area (Å²) in [5.74, 6) is -2.94. The second kappa shape index (κ2) is 7.91. The van der Waals surface area contributed by atoms with Gasteiger partial charge in [0.25, 0.3) is 17.5 Å². The number of nitro benzene ring substituents is 1.